The first-order valence-corrected chi connectivity index (χ1v) is 6.98. The van der Waals surface area contributed by atoms with Crippen LogP contribution in [0, 0.1) is 0 Å². The Balaban J connectivity index is 1.79. The van der Waals surface area contributed by atoms with E-state index in [0.717, 1.165) is 0 Å². The molecule has 1 aliphatic carbocycles. The minimum atomic E-state index is -2.62. The number of rotatable bonds is 1. The Morgan fingerprint density at radius 1 is 1.38 bits per heavy atom. The smallest absolute Gasteiger partial charge is 0.250 e. The summed E-state index contributed by atoms with van der Waals surface area (Å²) in [7, 11) is 0. The van der Waals surface area contributed by atoms with Gasteiger partial charge in [0.25, 0.3) is 0 Å². The highest BCUT2D eigenvalue weighted by Crippen LogP contribution is 2.41. The average Bonchev–Trinajstić information content (AvgIpc) is 3.03. The highest BCUT2D eigenvalue weighted by Gasteiger charge is 2.44. The molecule has 1 atom stereocenters. The molecular formula is C12H11ClF2N6. The maximum atomic E-state index is 13.5. The molecular weight excluding hydrogens is 302 g/mol. The van der Waals surface area contributed by atoms with Gasteiger partial charge in [0.1, 0.15) is 12.0 Å². The molecule has 2 aliphatic rings. The Kier molecular flexibility index (Phi) is 2.66. The molecule has 0 bridgehead atoms. The maximum absolute atomic E-state index is 13.5. The van der Waals surface area contributed by atoms with Gasteiger partial charge in [0.2, 0.25) is 11.2 Å². The van der Waals surface area contributed by atoms with Crippen LogP contribution in [0.4, 0.5) is 14.6 Å². The number of halogens is 3. The Hall–Kier alpha value is -1.83. The van der Waals surface area contributed by atoms with Gasteiger partial charge in [0, 0.05) is 18.9 Å². The quantitative estimate of drug-likeness (QED) is 0.756. The highest BCUT2D eigenvalue weighted by atomic mass is 35.5. The van der Waals surface area contributed by atoms with Gasteiger partial charge in [-0.25, -0.2) is 13.8 Å². The molecule has 6 nitrogen and oxygen atoms in total. The molecule has 2 aromatic rings. The van der Waals surface area contributed by atoms with Crippen molar-refractivity contribution in [2.45, 2.75) is 37.8 Å². The average molecular weight is 313 g/mol. The third-order valence-electron chi connectivity index (χ3n) is 4.00. The molecule has 1 saturated carbocycles. The van der Waals surface area contributed by atoms with Crippen LogP contribution in [0.5, 0.6) is 0 Å². The summed E-state index contributed by atoms with van der Waals surface area (Å²) in [5.41, 5.74) is 0.667. The Labute approximate surface area is 123 Å². The van der Waals surface area contributed by atoms with Crippen molar-refractivity contribution >= 4 is 17.4 Å². The monoisotopic (exact) mass is 312 g/mol. The molecule has 0 aromatic carbocycles. The van der Waals surface area contributed by atoms with Crippen LogP contribution in [-0.4, -0.2) is 36.7 Å². The second-order valence-electron chi connectivity index (χ2n) is 5.35. The van der Waals surface area contributed by atoms with Gasteiger partial charge in [-0.15, -0.1) is 10.2 Å². The molecule has 4 rings (SSSR count). The van der Waals surface area contributed by atoms with Crippen molar-refractivity contribution in [3.63, 3.8) is 0 Å². The third-order valence-corrected chi connectivity index (χ3v) is 4.18. The Bertz CT molecular complexity index is 703. The normalized spacial score (nSPS) is 23.0. The lowest BCUT2D eigenvalue weighted by Crippen LogP contribution is -2.38. The number of alkyl halides is 2. The molecule has 9 heteroatoms. The van der Waals surface area contributed by atoms with E-state index in [4.69, 9.17) is 11.6 Å². The lowest BCUT2D eigenvalue weighted by Gasteiger charge is -2.34. The summed E-state index contributed by atoms with van der Waals surface area (Å²) in [6, 6.07) is -0.282. The highest BCUT2D eigenvalue weighted by molar-refractivity contribution is 6.28. The fraction of sp³-hybridized carbons (Fsp3) is 0.500. The van der Waals surface area contributed by atoms with Crippen LogP contribution in [0.15, 0.2) is 12.5 Å². The van der Waals surface area contributed by atoms with Crippen LogP contribution in [0.3, 0.4) is 0 Å². The summed E-state index contributed by atoms with van der Waals surface area (Å²) in [6.07, 6.45) is 3.27. The van der Waals surface area contributed by atoms with Gasteiger partial charge in [-0.3, -0.25) is 4.57 Å². The van der Waals surface area contributed by atoms with E-state index in [2.05, 4.69) is 20.2 Å². The fourth-order valence-corrected chi connectivity index (χ4v) is 3.15. The maximum Gasteiger partial charge on any atom is 0.250 e. The molecule has 0 spiro atoms. The summed E-state index contributed by atoms with van der Waals surface area (Å²) < 4.78 is 28.8. The summed E-state index contributed by atoms with van der Waals surface area (Å²) in [6.45, 7) is 0.390. The number of anilines is 1. The van der Waals surface area contributed by atoms with Crippen LogP contribution in [0.25, 0.3) is 5.69 Å². The largest absolute Gasteiger partial charge is 0.344 e. The van der Waals surface area contributed by atoms with Crippen molar-refractivity contribution in [3.05, 3.63) is 23.6 Å². The van der Waals surface area contributed by atoms with E-state index in [0.29, 0.717) is 30.3 Å². The topological polar surface area (TPSA) is 59.7 Å². The molecule has 1 aliphatic heterocycles. The van der Waals surface area contributed by atoms with Gasteiger partial charge < -0.3 is 4.90 Å². The molecule has 21 heavy (non-hydrogen) atoms. The van der Waals surface area contributed by atoms with Crippen molar-refractivity contribution in [3.8, 4) is 5.69 Å². The number of hydrogen-bond acceptors (Lipinski definition) is 5. The SMILES string of the molecule is FC1(F)CCC(N2Cc3nncn3-c3cnc(Cl)nc32)C1. The van der Waals surface area contributed by atoms with E-state index in [-0.39, 0.29) is 24.2 Å². The van der Waals surface area contributed by atoms with Crippen molar-refractivity contribution in [1.29, 1.82) is 0 Å². The van der Waals surface area contributed by atoms with Gasteiger partial charge in [-0.2, -0.15) is 4.98 Å². The lowest BCUT2D eigenvalue weighted by molar-refractivity contribution is 0.00766. The molecule has 110 valence electrons. The minimum absolute atomic E-state index is 0.0973. The zero-order valence-electron chi connectivity index (χ0n) is 10.9. The molecule has 1 unspecified atom stereocenters. The summed E-state index contributed by atoms with van der Waals surface area (Å²) in [4.78, 5) is 10.0. The number of fused-ring (bicyclic) bond motifs is 3. The van der Waals surface area contributed by atoms with Crippen LogP contribution < -0.4 is 4.90 Å². The lowest BCUT2D eigenvalue weighted by atomic mass is 10.1. The first-order valence-electron chi connectivity index (χ1n) is 6.60. The first-order chi connectivity index (χ1) is 10.0. The van der Waals surface area contributed by atoms with E-state index in [1.807, 2.05) is 4.90 Å². The molecule has 0 radical (unpaired) electrons. The number of aromatic nitrogens is 5. The van der Waals surface area contributed by atoms with Gasteiger partial charge in [0.05, 0.1) is 12.7 Å². The van der Waals surface area contributed by atoms with Crippen LogP contribution in [0.1, 0.15) is 25.1 Å². The minimum Gasteiger partial charge on any atom is -0.344 e. The zero-order valence-corrected chi connectivity index (χ0v) is 11.6. The molecule has 0 N–H and O–H groups in total. The molecule has 3 heterocycles. The van der Waals surface area contributed by atoms with Gasteiger partial charge in [-0.1, -0.05) is 0 Å². The second kappa shape index (κ2) is 4.33. The van der Waals surface area contributed by atoms with E-state index in [1.54, 1.807) is 17.1 Å². The van der Waals surface area contributed by atoms with Crippen LogP contribution in [0.2, 0.25) is 5.28 Å². The van der Waals surface area contributed by atoms with Crippen molar-refractivity contribution < 1.29 is 8.78 Å². The van der Waals surface area contributed by atoms with Crippen molar-refractivity contribution in [2.75, 3.05) is 4.90 Å². The number of hydrogen-bond donors (Lipinski definition) is 0. The summed E-state index contributed by atoms with van der Waals surface area (Å²) in [5, 5.41) is 7.99. The first kappa shape index (κ1) is 12.9. The molecule has 1 fully saturated rings. The Morgan fingerprint density at radius 3 is 3.00 bits per heavy atom. The molecule has 0 amide bonds. The van der Waals surface area contributed by atoms with E-state index < -0.39 is 5.92 Å². The third kappa shape index (κ3) is 2.05. The predicted octanol–water partition coefficient (Wildman–Crippen LogP) is 2.22. The zero-order chi connectivity index (χ0) is 14.6. The van der Waals surface area contributed by atoms with Gasteiger partial charge >= 0.3 is 0 Å². The summed E-state index contributed by atoms with van der Waals surface area (Å²) >= 11 is 5.87. The van der Waals surface area contributed by atoms with Crippen molar-refractivity contribution in [1.82, 2.24) is 24.7 Å². The standard InChI is InChI=1S/C12H11ClF2N6/c13-11-16-4-8-10(18-11)20(5-9-19-17-6-21(8)9)7-1-2-12(14,15)3-7/h4,6-7H,1-3,5H2. The van der Waals surface area contributed by atoms with E-state index in [9.17, 15) is 8.78 Å². The molecule has 0 saturated heterocycles. The van der Waals surface area contributed by atoms with Crippen LogP contribution >= 0.6 is 11.6 Å². The van der Waals surface area contributed by atoms with Crippen LogP contribution in [-0.2, 0) is 6.54 Å². The fourth-order valence-electron chi connectivity index (χ4n) is 3.02. The van der Waals surface area contributed by atoms with Gasteiger partial charge in [-0.05, 0) is 18.0 Å². The second-order valence-corrected chi connectivity index (χ2v) is 5.68. The predicted molar refractivity (Wildman–Crippen MR) is 70.7 cm³/mol. The van der Waals surface area contributed by atoms with E-state index >= 15 is 0 Å². The summed E-state index contributed by atoms with van der Waals surface area (Å²) in [5.74, 6) is -1.37. The van der Waals surface area contributed by atoms with E-state index in [1.165, 1.54) is 0 Å². The number of nitrogens with zero attached hydrogens (tertiary/aromatic N) is 6. The van der Waals surface area contributed by atoms with Crippen molar-refractivity contribution in [2.24, 2.45) is 0 Å². The van der Waals surface area contributed by atoms with Gasteiger partial charge in [0.15, 0.2) is 11.6 Å². The molecule has 2 aromatic heterocycles. The Morgan fingerprint density at radius 2 is 2.24 bits per heavy atom.